The molecule has 8 heteroatoms. The molecule has 5 rings (SSSR count). The fourth-order valence-electron chi connectivity index (χ4n) is 4.05. The molecule has 2 aromatic rings. The Hall–Kier alpha value is -3.52. The highest BCUT2D eigenvalue weighted by molar-refractivity contribution is 5.75. The summed E-state index contributed by atoms with van der Waals surface area (Å²) in [5.74, 6) is 2.11. The number of fused-ring (bicyclic) bond motifs is 1. The number of hydrogen-bond donors (Lipinski definition) is 3. The minimum atomic E-state index is -0.112. The molecule has 0 radical (unpaired) electrons. The largest absolute Gasteiger partial charge is 0.493 e. The topological polar surface area (TPSA) is 91.5 Å². The molecule has 174 valence electrons. The summed E-state index contributed by atoms with van der Waals surface area (Å²) in [5, 5.41) is 5.58. The maximum atomic E-state index is 11.4. The molecule has 0 saturated carbocycles. The first-order chi connectivity index (χ1) is 16.1. The van der Waals surface area contributed by atoms with E-state index < -0.39 is 0 Å². The number of ether oxygens (including phenoxy) is 2. The third-order valence-corrected chi connectivity index (χ3v) is 6.05. The molecule has 33 heavy (non-hydrogen) atoms. The maximum absolute atomic E-state index is 11.4. The fraction of sp³-hybridized carbons (Fsp3) is 0.360. The van der Waals surface area contributed by atoms with Crippen molar-refractivity contribution >= 4 is 6.03 Å². The molecular formula is C25H31N5O3. The summed E-state index contributed by atoms with van der Waals surface area (Å²) in [7, 11) is 4.89. The lowest BCUT2D eigenvalue weighted by atomic mass is 9.95. The molecular weight excluding hydrogens is 418 g/mol. The van der Waals surface area contributed by atoms with Gasteiger partial charge in [-0.15, -0.1) is 0 Å². The molecule has 1 aliphatic heterocycles. The lowest BCUT2D eigenvalue weighted by Crippen LogP contribution is -2.46. The number of imidazole rings is 1. The van der Waals surface area contributed by atoms with Gasteiger partial charge in [0.15, 0.2) is 11.5 Å². The lowest BCUT2D eigenvalue weighted by molar-refractivity contribution is 0.186. The molecule has 3 aliphatic rings. The first-order valence-electron chi connectivity index (χ1n) is 11.2. The van der Waals surface area contributed by atoms with Crippen molar-refractivity contribution in [1.82, 2.24) is 25.5 Å². The summed E-state index contributed by atoms with van der Waals surface area (Å²) in [6.07, 6.45) is 3.75. The number of rotatable bonds is 6. The molecule has 2 amide bonds. The molecule has 2 aliphatic carbocycles. The van der Waals surface area contributed by atoms with Crippen molar-refractivity contribution < 1.29 is 14.3 Å². The highest BCUT2D eigenvalue weighted by atomic mass is 16.5. The number of aromatic amines is 1. The Morgan fingerprint density at radius 3 is 2.33 bits per heavy atom. The van der Waals surface area contributed by atoms with E-state index in [1.165, 1.54) is 11.1 Å². The molecule has 8 nitrogen and oxygen atoms in total. The number of benzene rings is 2. The van der Waals surface area contributed by atoms with E-state index in [9.17, 15) is 4.79 Å². The molecule has 1 aromatic carbocycles. The Kier molecular flexibility index (Phi) is 7.14. The van der Waals surface area contributed by atoms with E-state index in [1.807, 2.05) is 24.4 Å². The van der Waals surface area contributed by atoms with E-state index in [4.69, 9.17) is 9.47 Å². The number of carbonyl (C=O) groups excluding carboxylic acids is 1. The van der Waals surface area contributed by atoms with Crippen molar-refractivity contribution in [3.05, 3.63) is 54.4 Å². The molecule has 0 spiro atoms. The van der Waals surface area contributed by atoms with Gasteiger partial charge < -0.3 is 25.1 Å². The van der Waals surface area contributed by atoms with Gasteiger partial charge in [-0.25, -0.2) is 9.78 Å². The summed E-state index contributed by atoms with van der Waals surface area (Å²) >= 11 is 0. The first-order valence-corrected chi connectivity index (χ1v) is 11.2. The zero-order valence-electron chi connectivity index (χ0n) is 19.4. The van der Waals surface area contributed by atoms with Gasteiger partial charge in [0, 0.05) is 44.6 Å². The van der Waals surface area contributed by atoms with Crippen LogP contribution in [0.2, 0.25) is 0 Å². The van der Waals surface area contributed by atoms with Gasteiger partial charge in [0.05, 0.1) is 19.8 Å². The molecule has 1 aromatic heterocycles. The van der Waals surface area contributed by atoms with Crippen LogP contribution in [-0.4, -0.2) is 61.3 Å². The first kappa shape index (κ1) is 22.7. The Bertz CT molecular complexity index is 1050. The van der Waals surface area contributed by atoms with Crippen LogP contribution in [0.3, 0.4) is 0 Å². The van der Waals surface area contributed by atoms with Gasteiger partial charge in [0.2, 0.25) is 0 Å². The van der Waals surface area contributed by atoms with Crippen LogP contribution in [0, 0.1) is 0 Å². The smallest absolute Gasteiger partial charge is 0.314 e. The number of piperidine rings is 1. The maximum Gasteiger partial charge on any atom is 0.314 e. The predicted octanol–water partition coefficient (Wildman–Crippen LogP) is 3.65. The van der Waals surface area contributed by atoms with Gasteiger partial charge >= 0.3 is 6.03 Å². The number of aromatic nitrogens is 2. The summed E-state index contributed by atoms with van der Waals surface area (Å²) < 4.78 is 10.9. The second-order valence-electron chi connectivity index (χ2n) is 8.15. The molecule has 0 bridgehead atoms. The van der Waals surface area contributed by atoms with Crippen molar-refractivity contribution in [2.45, 2.75) is 25.4 Å². The van der Waals surface area contributed by atoms with Gasteiger partial charge in [-0.1, -0.05) is 30.3 Å². The number of nitrogens with zero attached hydrogens (tertiary/aromatic N) is 2. The van der Waals surface area contributed by atoms with E-state index in [0.717, 1.165) is 49.6 Å². The lowest BCUT2D eigenvalue weighted by Gasteiger charge is -2.31. The number of hydrogen-bond acceptors (Lipinski definition) is 5. The summed E-state index contributed by atoms with van der Waals surface area (Å²) in [6.45, 7) is 2.67. The molecule has 3 N–H and O–H groups in total. The highest BCUT2D eigenvalue weighted by Gasteiger charge is 2.21. The van der Waals surface area contributed by atoms with Crippen molar-refractivity contribution in [2.75, 3.05) is 34.4 Å². The van der Waals surface area contributed by atoms with Crippen LogP contribution in [0.25, 0.3) is 22.5 Å². The standard InChI is InChI=1S/C19H27N5O3.C6H4/c1-20-19(25)23-13-7-9-24(10-8-13)12-14-11-21-18(22-14)15-5-4-6-16(26-2)17(15)27-3;1-2-6-4-3-5(1)6/h4-6,11,13H,7-10,12H2,1-3H3,(H,21,22)(H2,20,23,25);1-4H. The number of para-hydroxylation sites is 1. The number of methoxy groups -OCH3 is 2. The number of amides is 2. The van der Waals surface area contributed by atoms with Crippen LogP contribution in [0.4, 0.5) is 4.79 Å². The van der Waals surface area contributed by atoms with Crippen molar-refractivity contribution in [1.29, 1.82) is 0 Å². The van der Waals surface area contributed by atoms with Crippen LogP contribution in [0.1, 0.15) is 18.5 Å². The number of urea groups is 1. The van der Waals surface area contributed by atoms with Gasteiger partial charge in [-0.05, 0) is 36.1 Å². The Labute approximate surface area is 194 Å². The van der Waals surface area contributed by atoms with Crippen LogP contribution in [0.15, 0.2) is 48.7 Å². The molecule has 0 unspecified atom stereocenters. The third kappa shape index (κ3) is 5.28. The summed E-state index contributed by atoms with van der Waals surface area (Å²) in [6, 6.07) is 14.3. The summed E-state index contributed by atoms with van der Waals surface area (Å²) in [4.78, 5) is 21.7. The number of likely N-dealkylation sites (tertiary alicyclic amines) is 1. The van der Waals surface area contributed by atoms with Gasteiger partial charge in [0.25, 0.3) is 0 Å². The molecule has 2 heterocycles. The average Bonchev–Trinajstić information content (AvgIpc) is 3.30. The Balaban J connectivity index is 0.000000367. The molecule has 1 saturated heterocycles. The van der Waals surface area contributed by atoms with E-state index >= 15 is 0 Å². The molecule has 1 fully saturated rings. The zero-order chi connectivity index (χ0) is 23.2. The normalized spacial score (nSPS) is 14.6. The van der Waals surface area contributed by atoms with E-state index in [2.05, 4.69) is 49.8 Å². The van der Waals surface area contributed by atoms with Crippen LogP contribution >= 0.6 is 0 Å². The van der Waals surface area contributed by atoms with E-state index in [0.29, 0.717) is 11.5 Å². The Morgan fingerprint density at radius 1 is 1.09 bits per heavy atom. The van der Waals surface area contributed by atoms with E-state index in [1.54, 1.807) is 21.3 Å². The minimum Gasteiger partial charge on any atom is -0.493 e. The minimum absolute atomic E-state index is 0.112. The fourth-order valence-corrected chi connectivity index (χ4v) is 4.05. The van der Waals surface area contributed by atoms with Gasteiger partial charge in [-0.2, -0.15) is 0 Å². The van der Waals surface area contributed by atoms with Crippen LogP contribution in [-0.2, 0) is 6.54 Å². The quantitative estimate of drug-likeness (QED) is 0.418. The SMILES string of the molecule is CNC(=O)NC1CCN(Cc2cnc(-c3cccc(OC)c3OC)[nH]2)CC1.c1cc2ccc1-2. The third-order valence-electron chi connectivity index (χ3n) is 6.05. The number of carbonyl (C=O) groups is 1. The second kappa shape index (κ2) is 10.4. The van der Waals surface area contributed by atoms with Crippen molar-refractivity contribution in [2.24, 2.45) is 0 Å². The second-order valence-corrected chi connectivity index (χ2v) is 8.15. The Morgan fingerprint density at radius 2 is 1.79 bits per heavy atom. The van der Waals surface area contributed by atoms with Crippen LogP contribution < -0.4 is 20.1 Å². The highest BCUT2D eigenvalue weighted by Crippen LogP contribution is 2.36. The van der Waals surface area contributed by atoms with Crippen LogP contribution in [0.5, 0.6) is 11.5 Å². The zero-order valence-corrected chi connectivity index (χ0v) is 19.4. The van der Waals surface area contributed by atoms with Gasteiger partial charge in [-0.3, -0.25) is 4.90 Å². The monoisotopic (exact) mass is 449 g/mol. The summed E-state index contributed by atoms with van der Waals surface area (Å²) in [5.41, 5.74) is 4.77. The van der Waals surface area contributed by atoms with E-state index in [-0.39, 0.29) is 12.1 Å². The average molecular weight is 450 g/mol. The predicted molar refractivity (Wildman–Crippen MR) is 128 cm³/mol. The van der Waals surface area contributed by atoms with Gasteiger partial charge in [0.1, 0.15) is 5.82 Å². The number of H-pyrrole nitrogens is 1. The number of nitrogens with one attached hydrogen (secondary N) is 3. The van der Waals surface area contributed by atoms with Crippen molar-refractivity contribution in [3.63, 3.8) is 0 Å². The molecule has 0 atom stereocenters. The van der Waals surface area contributed by atoms with Crippen molar-refractivity contribution in [3.8, 4) is 34.0 Å².